The SMILES string of the molecule is CN1CCN(c2ccc(NC=C3C(=O)NC(=O)c4ccc(-c5ccccc5F)cc43)cc2)CC1. The third-order valence-corrected chi connectivity index (χ3v) is 6.33. The molecule has 2 heterocycles. The maximum atomic E-state index is 14.3. The molecule has 2 N–H and O–H groups in total. The van der Waals surface area contributed by atoms with E-state index in [1.165, 1.54) is 6.07 Å². The number of piperazine rings is 1. The van der Waals surface area contributed by atoms with E-state index in [2.05, 4.69) is 39.6 Å². The van der Waals surface area contributed by atoms with Crippen LogP contribution in [0.25, 0.3) is 16.7 Å². The summed E-state index contributed by atoms with van der Waals surface area (Å²) in [4.78, 5) is 29.7. The lowest BCUT2D eigenvalue weighted by molar-refractivity contribution is -0.114. The van der Waals surface area contributed by atoms with Gasteiger partial charge in [-0.25, -0.2) is 4.39 Å². The van der Waals surface area contributed by atoms with E-state index in [9.17, 15) is 14.0 Å². The predicted molar refractivity (Wildman–Crippen MR) is 132 cm³/mol. The van der Waals surface area contributed by atoms with Crippen molar-refractivity contribution in [2.24, 2.45) is 0 Å². The van der Waals surface area contributed by atoms with Gasteiger partial charge in [-0.3, -0.25) is 14.9 Å². The lowest BCUT2D eigenvalue weighted by Gasteiger charge is -2.34. The van der Waals surface area contributed by atoms with Crippen LogP contribution in [0.2, 0.25) is 0 Å². The molecule has 34 heavy (non-hydrogen) atoms. The van der Waals surface area contributed by atoms with E-state index in [-0.39, 0.29) is 5.82 Å². The second-order valence-corrected chi connectivity index (χ2v) is 8.56. The molecule has 1 fully saturated rings. The number of rotatable bonds is 4. The standard InChI is InChI=1S/C27H25FN4O2/c1-31-12-14-32(15-13-31)20-9-7-19(8-10-20)29-17-24-23-16-18(21-4-2-3-5-25(21)28)6-11-22(23)26(33)30-27(24)34/h2-11,16-17,29H,12-15H2,1H3,(H,30,33,34). The fourth-order valence-electron chi connectivity index (χ4n) is 4.32. The monoisotopic (exact) mass is 456 g/mol. The van der Waals surface area contributed by atoms with Crippen LogP contribution < -0.4 is 15.5 Å². The number of amides is 2. The number of anilines is 2. The van der Waals surface area contributed by atoms with Crippen molar-refractivity contribution in [2.45, 2.75) is 0 Å². The fourth-order valence-corrected chi connectivity index (χ4v) is 4.32. The zero-order chi connectivity index (χ0) is 23.7. The normalized spacial score (nSPS) is 17.5. The zero-order valence-corrected chi connectivity index (χ0v) is 18.8. The molecule has 0 aliphatic carbocycles. The van der Waals surface area contributed by atoms with Gasteiger partial charge in [0.05, 0.1) is 5.57 Å². The lowest BCUT2D eigenvalue weighted by atomic mass is 9.91. The molecule has 1 saturated heterocycles. The zero-order valence-electron chi connectivity index (χ0n) is 18.8. The van der Waals surface area contributed by atoms with E-state index >= 15 is 0 Å². The third kappa shape index (κ3) is 4.30. The highest BCUT2D eigenvalue weighted by Crippen LogP contribution is 2.31. The molecule has 6 nitrogen and oxygen atoms in total. The average molecular weight is 457 g/mol. The molecule has 2 aliphatic rings. The second-order valence-electron chi connectivity index (χ2n) is 8.56. The van der Waals surface area contributed by atoms with Crippen LogP contribution in [-0.4, -0.2) is 49.9 Å². The Morgan fingerprint density at radius 3 is 2.32 bits per heavy atom. The van der Waals surface area contributed by atoms with Crippen LogP contribution in [0.3, 0.4) is 0 Å². The Balaban J connectivity index is 1.41. The number of benzene rings is 3. The number of halogens is 1. The molecule has 2 aliphatic heterocycles. The lowest BCUT2D eigenvalue weighted by Crippen LogP contribution is -2.44. The van der Waals surface area contributed by atoms with Crippen molar-refractivity contribution >= 4 is 28.8 Å². The highest BCUT2D eigenvalue weighted by atomic mass is 19.1. The van der Waals surface area contributed by atoms with Crippen molar-refractivity contribution in [1.29, 1.82) is 0 Å². The van der Waals surface area contributed by atoms with Gasteiger partial charge in [0.2, 0.25) is 0 Å². The number of nitrogens with one attached hydrogen (secondary N) is 2. The molecule has 7 heteroatoms. The van der Waals surface area contributed by atoms with Gasteiger partial charge < -0.3 is 15.1 Å². The molecule has 0 radical (unpaired) electrons. The number of fused-ring (bicyclic) bond motifs is 1. The number of hydrogen-bond acceptors (Lipinski definition) is 5. The van der Waals surface area contributed by atoms with Crippen LogP contribution in [-0.2, 0) is 4.79 Å². The average Bonchev–Trinajstić information content (AvgIpc) is 2.85. The molecule has 172 valence electrons. The van der Waals surface area contributed by atoms with Crippen LogP contribution in [0.15, 0.2) is 72.9 Å². The van der Waals surface area contributed by atoms with Gasteiger partial charge in [0.15, 0.2) is 0 Å². The smallest absolute Gasteiger partial charge is 0.260 e. The van der Waals surface area contributed by atoms with Crippen LogP contribution >= 0.6 is 0 Å². The quantitative estimate of drug-likeness (QED) is 0.460. The van der Waals surface area contributed by atoms with E-state index in [0.717, 1.165) is 37.6 Å². The number of nitrogens with zero attached hydrogens (tertiary/aromatic N) is 2. The van der Waals surface area contributed by atoms with Crippen LogP contribution in [0.5, 0.6) is 0 Å². The van der Waals surface area contributed by atoms with Gasteiger partial charge in [-0.15, -0.1) is 0 Å². The van der Waals surface area contributed by atoms with Gasteiger partial charge in [-0.05, 0) is 55.1 Å². The number of imide groups is 1. The maximum absolute atomic E-state index is 14.3. The minimum absolute atomic E-state index is 0.316. The summed E-state index contributed by atoms with van der Waals surface area (Å²) in [6.07, 6.45) is 1.59. The first kappa shape index (κ1) is 21.9. The first-order valence-electron chi connectivity index (χ1n) is 11.2. The number of hydrogen-bond donors (Lipinski definition) is 2. The van der Waals surface area contributed by atoms with E-state index in [0.29, 0.717) is 27.8 Å². The molecule has 0 spiro atoms. The summed E-state index contributed by atoms with van der Waals surface area (Å²) in [6, 6.07) is 19.5. The Morgan fingerprint density at radius 1 is 0.853 bits per heavy atom. The molecule has 3 aromatic rings. The number of carbonyl (C=O) groups is 2. The molecule has 0 bridgehead atoms. The highest BCUT2D eigenvalue weighted by molar-refractivity contribution is 6.31. The number of carbonyl (C=O) groups excluding carboxylic acids is 2. The van der Waals surface area contributed by atoms with Crippen molar-refractivity contribution in [2.75, 3.05) is 43.4 Å². The van der Waals surface area contributed by atoms with E-state index < -0.39 is 11.8 Å². The predicted octanol–water partition coefficient (Wildman–Crippen LogP) is 3.97. The van der Waals surface area contributed by atoms with Crippen LogP contribution in [0.1, 0.15) is 15.9 Å². The first-order valence-corrected chi connectivity index (χ1v) is 11.2. The number of likely N-dealkylation sites (N-methyl/N-ethyl adjacent to an activating group) is 1. The maximum Gasteiger partial charge on any atom is 0.260 e. The summed E-state index contributed by atoms with van der Waals surface area (Å²) in [6.45, 7) is 4.05. The Morgan fingerprint density at radius 2 is 1.59 bits per heavy atom. The Hall–Kier alpha value is -3.97. The van der Waals surface area contributed by atoms with Crippen molar-refractivity contribution in [1.82, 2.24) is 10.2 Å². The van der Waals surface area contributed by atoms with Crippen molar-refractivity contribution in [3.8, 4) is 11.1 Å². The van der Waals surface area contributed by atoms with Crippen molar-refractivity contribution in [3.63, 3.8) is 0 Å². The minimum Gasteiger partial charge on any atom is -0.369 e. The molecule has 5 rings (SSSR count). The summed E-state index contributed by atoms with van der Waals surface area (Å²) in [5.74, 6) is -1.32. The van der Waals surface area contributed by atoms with Gasteiger partial charge in [-0.1, -0.05) is 24.3 Å². The van der Waals surface area contributed by atoms with Crippen LogP contribution in [0, 0.1) is 5.82 Å². The third-order valence-electron chi connectivity index (χ3n) is 6.33. The fraction of sp³-hybridized carbons (Fsp3) is 0.185. The highest BCUT2D eigenvalue weighted by Gasteiger charge is 2.28. The van der Waals surface area contributed by atoms with Gasteiger partial charge in [0, 0.05) is 60.4 Å². The molecule has 0 atom stereocenters. The molecular formula is C27H25FN4O2. The van der Waals surface area contributed by atoms with Gasteiger partial charge >= 0.3 is 0 Å². The first-order chi connectivity index (χ1) is 16.5. The molecular weight excluding hydrogens is 431 g/mol. The Kier molecular flexibility index (Phi) is 5.86. The van der Waals surface area contributed by atoms with Gasteiger partial charge in [0.25, 0.3) is 11.8 Å². The summed E-state index contributed by atoms with van der Waals surface area (Å²) in [5, 5.41) is 5.55. The molecule has 2 amide bonds. The summed E-state index contributed by atoms with van der Waals surface area (Å²) >= 11 is 0. The van der Waals surface area contributed by atoms with Crippen molar-refractivity contribution < 1.29 is 14.0 Å². The van der Waals surface area contributed by atoms with E-state index in [1.807, 2.05) is 12.1 Å². The topological polar surface area (TPSA) is 64.7 Å². The Labute approximate surface area is 197 Å². The second kappa shape index (κ2) is 9.11. The van der Waals surface area contributed by atoms with E-state index in [4.69, 9.17) is 0 Å². The van der Waals surface area contributed by atoms with Crippen LogP contribution in [0.4, 0.5) is 15.8 Å². The molecule has 0 unspecified atom stereocenters. The van der Waals surface area contributed by atoms with Gasteiger partial charge in [0.1, 0.15) is 5.82 Å². The Bertz CT molecular complexity index is 1280. The summed E-state index contributed by atoms with van der Waals surface area (Å²) < 4.78 is 14.3. The summed E-state index contributed by atoms with van der Waals surface area (Å²) in [7, 11) is 2.13. The largest absolute Gasteiger partial charge is 0.369 e. The van der Waals surface area contributed by atoms with Gasteiger partial charge in [-0.2, -0.15) is 0 Å². The molecule has 3 aromatic carbocycles. The summed E-state index contributed by atoms with van der Waals surface area (Å²) in [5.41, 5.74) is 4.15. The van der Waals surface area contributed by atoms with E-state index in [1.54, 1.807) is 42.6 Å². The molecule has 0 saturated carbocycles. The minimum atomic E-state index is -0.496. The molecule has 0 aromatic heterocycles. The van der Waals surface area contributed by atoms with Crippen molar-refractivity contribution in [3.05, 3.63) is 89.9 Å².